The highest BCUT2D eigenvalue weighted by Gasteiger charge is 2.03. The lowest BCUT2D eigenvalue weighted by atomic mass is 10.2. The van der Waals surface area contributed by atoms with Gasteiger partial charge in [-0.3, -0.25) is 4.79 Å². The molecule has 0 aliphatic carbocycles. The highest BCUT2D eigenvalue weighted by molar-refractivity contribution is 5.78. The first-order valence-electron chi connectivity index (χ1n) is 4.89. The van der Waals surface area contributed by atoms with E-state index in [-0.39, 0.29) is 11.2 Å². The zero-order valence-corrected chi connectivity index (χ0v) is 9.07. The quantitative estimate of drug-likeness (QED) is 0.721. The number of phenolic OH excluding ortho intramolecular Hbond substituents is 1. The molecule has 2 aromatic rings. The van der Waals surface area contributed by atoms with E-state index in [1.54, 1.807) is 13.0 Å². The Labute approximate surface area is 88.0 Å². The minimum absolute atomic E-state index is 0.0544. The number of benzene rings is 1. The van der Waals surface area contributed by atoms with Crippen LogP contribution in [0, 0.1) is 6.92 Å². The monoisotopic (exact) mass is 206 g/mol. The lowest BCUT2D eigenvalue weighted by Crippen LogP contribution is -2.03. The van der Waals surface area contributed by atoms with Gasteiger partial charge in [-0.2, -0.15) is 0 Å². The summed E-state index contributed by atoms with van der Waals surface area (Å²) in [4.78, 5) is 11.5. The van der Waals surface area contributed by atoms with E-state index < -0.39 is 0 Å². The zero-order valence-electron chi connectivity index (χ0n) is 9.07. The molecule has 1 heterocycles. The average molecular weight is 206 g/mol. The Bertz CT molecular complexity index is 512. The van der Waals surface area contributed by atoms with Crippen molar-refractivity contribution in [3.05, 3.63) is 40.2 Å². The highest BCUT2D eigenvalue weighted by Crippen LogP contribution is 2.17. The van der Waals surface area contributed by atoms with Gasteiger partial charge in [0.1, 0.15) is 11.3 Å². The second-order valence-corrected chi connectivity index (χ2v) is 2.93. The molecule has 0 bridgehead atoms. The highest BCUT2D eigenvalue weighted by atomic mass is 16.3. The molecule has 1 aromatic heterocycles. The fourth-order valence-electron chi connectivity index (χ4n) is 1.21. The van der Waals surface area contributed by atoms with Crippen LogP contribution < -0.4 is 5.43 Å². The lowest BCUT2D eigenvalue weighted by molar-refractivity contribution is 0.474. The molecule has 1 aromatic carbocycles. The number of aromatic hydroxyl groups is 1. The van der Waals surface area contributed by atoms with Crippen molar-refractivity contribution in [3.63, 3.8) is 0 Å². The van der Waals surface area contributed by atoms with Gasteiger partial charge in [-0.25, -0.2) is 0 Å². The number of hydrogen-bond donors (Lipinski definition) is 1. The van der Waals surface area contributed by atoms with Crippen molar-refractivity contribution in [3.8, 4) is 5.75 Å². The van der Waals surface area contributed by atoms with Crippen LogP contribution >= 0.6 is 0 Å². The number of rotatable bonds is 0. The maximum Gasteiger partial charge on any atom is 0.195 e. The van der Waals surface area contributed by atoms with Crippen LogP contribution in [0.1, 0.15) is 19.4 Å². The summed E-state index contributed by atoms with van der Waals surface area (Å²) in [6.07, 6.45) is 1.39. The van der Waals surface area contributed by atoms with Crippen molar-refractivity contribution in [1.82, 2.24) is 0 Å². The summed E-state index contributed by atoms with van der Waals surface area (Å²) in [5.74, 6) is 0.0968. The van der Waals surface area contributed by atoms with Crippen LogP contribution in [0.3, 0.4) is 0 Å². The summed E-state index contributed by atoms with van der Waals surface area (Å²) in [6.45, 7) is 5.69. The van der Waals surface area contributed by atoms with Crippen LogP contribution in [0.2, 0.25) is 0 Å². The van der Waals surface area contributed by atoms with Crippen LogP contribution in [0.15, 0.2) is 33.7 Å². The third-order valence-corrected chi connectivity index (χ3v) is 1.93. The predicted molar refractivity (Wildman–Crippen MR) is 60.2 cm³/mol. The van der Waals surface area contributed by atoms with Crippen LogP contribution in [0.25, 0.3) is 11.0 Å². The Kier molecular flexibility index (Phi) is 3.50. The average Bonchev–Trinajstić information content (AvgIpc) is 2.26. The maximum absolute atomic E-state index is 11.5. The van der Waals surface area contributed by atoms with E-state index in [4.69, 9.17) is 9.52 Å². The lowest BCUT2D eigenvalue weighted by Gasteiger charge is -1.97. The molecule has 80 valence electrons. The van der Waals surface area contributed by atoms with E-state index >= 15 is 0 Å². The molecule has 0 saturated heterocycles. The van der Waals surface area contributed by atoms with Crippen molar-refractivity contribution in [2.45, 2.75) is 20.8 Å². The molecule has 15 heavy (non-hydrogen) atoms. The number of fused-ring (bicyclic) bond motifs is 1. The molecule has 0 atom stereocenters. The molecular formula is C12H14O3. The zero-order chi connectivity index (χ0) is 11.4. The number of phenols is 1. The van der Waals surface area contributed by atoms with Gasteiger partial charge < -0.3 is 9.52 Å². The fourth-order valence-corrected chi connectivity index (χ4v) is 1.21. The second kappa shape index (κ2) is 4.64. The third kappa shape index (κ3) is 2.18. The van der Waals surface area contributed by atoms with E-state index in [0.717, 1.165) is 0 Å². The van der Waals surface area contributed by atoms with Gasteiger partial charge in [0.05, 0.1) is 11.6 Å². The first-order valence-corrected chi connectivity index (χ1v) is 4.89. The van der Waals surface area contributed by atoms with Crippen LogP contribution in [-0.4, -0.2) is 5.11 Å². The molecule has 0 saturated carbocycles. The number of hydrogen-bond acceptors (Lipinski definition) is 3. The predicted octanol–water partition coefficient (Wildman–Crippen LogP) is 2.83. The largest absolute Gasteiger partial charge is 0.508 e. The van der Waals surface area contributed by atoms with Crippen molar-refractivity contribution in [1.29, 1.82) is 0 Å². The Morgan fingerprint density at radius 2 is 1.93 bits per heavy atom. The number of aryl methyl sites for hydroxylation is 1. The first kappa shape index (κ1) is 11.3. The third-order valence-electron chi connectivity index (χ3n) is 1.93. The summed E-state index contributed by atoms with van der Waals surface area (Å²) in [6, 6.07) is 4.46. The molecule has 0 aliphatic heterocycles. The SMILES string of the molecule is CC.Cc1coc2cc(O)ccc2c1=O. The van der Waals surface area contributed by atoms with E-state index in [1.165, 1.54) is 18.4 Å². The molecule has 0 fully saturated rings. The van der Waals surface area contributed by atoms with Gasteiger partial charge in [-0.1, -0.05) is 13.8 Å². The van der Waals surface area contributed by atoms with Gasteiger partial charge >= 0.3 is 0 Å². The van der Waals surface area contributed by atoms with Crippen LogP contribution in [-0.2, 0) is 0 Å². The van der Waals surface area contributed by atoms with Gasteiger partial charge in [-0.15, -0.1) is 0 Å². The summed E-state index contributed by atoms with van der Waals surface area (Å²) in [7, 11) is 0. The van der Waals surface area contributed by atoms with Gasteiger partial charge in [-0.05, 0) is 19.1 Å². The molecule has 0 aliphatic rings. The minimum Gasteiger partial charge on any atom is -0.508 e. The first-order chi connectivity index (χ1) is 7.18. The van der Waals surface area contributed by atoms with Crippen LogP contribution in [0.4, 0.5) is 0 Å². The molecule has 0 amide bonds. The molecule has 3 heteroatoms. The summed E-state index contributed by atoms with van der Waals surface area (Å²) >= 11 is 0. The topological polar surface area (TPSA) is 50.4 Å². The molecule has 3 nitrogen and oxygen atoms in total. The van der Waals surface area contributed by atoms with E-state index in [0.29, 0.717) is 16.5 Å². The minimum atomic E-state index is -0.0544. The van der Waals surface area contributed by atoms with E-state index in [1.807, 2.05) is 13.8 Å². The summed E-state index contributed by atoms with van der Waals surface area (Å²) in [5, 5.41) is 9.63. The summed E-state index contributed by atoms with van der Waals surface area (Å²) < 4.78 is 5.14. The summed E-state index contributed by atoms with van der Waals surface area (Å²) in [5.41, 5.74) is 0.926. The van der Waals surface area contributed by atoms with Gasteiger partial charge in [0.25, 0.3) is 0 Å². The van der Waals surface area contributed by atoms with Gasteiger partial charge in [0, 0.05) is 11.6 Å². The van der Waals surface area contributed by atoms with Crippen molar-refractivity contribution in [2.24, 2.45) is 0 Å². The fraction of sp³-hybridized carbons (Fsp3) is 0.250. The van der Waals surface area contributed by atoms with E-state index in [9.17, 15) is 4.79 Å². The van der Waals surface area contributed by atoms with Gasteiger partial charge in [0.2, 0.25) is 0 Å². The Hall–Kier alpha value is -1.77. The van der Waals surface area contributed by atoms with Gasteiger partial charge in [0.15, 0.2) is 5.43 Å². The van der Waals surface area contributed by atoms with Crippen molar-refractivity contribution < 1.29 is 9.52 Å². The molecule has 0 radical (unpaired) electrons. The Morgan fingerprint density at radius 1 is 1.27 bits per heavy atom. The molecule has 1 N–H and O–H groups in total. The molecule has 2 rings (SSSR count). The van der Waals surface area contributed by atoms with E-state index in [2.05, 4.69) is 0 Å². The Morgan fingerprint density at radius 3 is 2.60 bits per heavy atom. The molecular weight excluding hydrogens is 192 g/mol. The second-order valence-electron chi connectivity index (χ2n) is 2.93. The standard InChI is InChI=1S/C10H8O3.C2H6/c1-6-5-13-9-4-7(11)2-3-8(9)10(6)12;1-2/h2-5,11H,1H3;1-2H3. The molecule has 0 spiro atoms. The normalized spacial score (nSPS) is 9.53. The maximum atomic E-state index is 11.5. The Balaban J connectivity index is 0.000000531. The molecule has 0 unspecified atom stereocenters. The van der Waals surface area contributed by atoms with Crippen molar-refractivity contribution >= 4 is 11.0 Å². The smallest absolute Gasteiger partial charge is 0.195 e. The van der Waals surface area contributed by atoms with Crippen LogP contribution in [0.5, 0.6) is 5.75 Å². The van der Waals surface area contributed by atoms with Crippen molar-refractivity contribution in [2.75, 3.05) is 0 Å².